The Labute approximate surface area is 205 Å². The van der Waals surface area contributed by atoms with E-state index in [4.69, 9.17) is 0 Å². The topological polar surface area (TPSA) is 133 Å². The summed E-state index contributed by atoms with van der Waals surface area (Å²) < 4.78 is -0.528. The Morgan fingerprint density at radius 2 is 1.77 bits per heavy atom. The highest BCUT2D eigenvalue weighted by Gasteiger charge is 2.55. The Hall–Kier alpha value is -3.11. The van der Waals surface area contributed by atoms with Gasteiger partial charge in [0.25, 0.3) is 5.91 Å². The van der Waals surface area contributed by atoms with E-state index in [1.807, 2.05) is 6.92 Å². The summed E-state index contributed by atoms with van der Waals surface area (Å²) in [5.74, 6) is -1.67. The zero-order valence-electron chi connectivity index (χ0n) is 20.4. The lowest BCUT2D eigenvalue weighted by Gasteiger charge is -2.36. The van der Waals surface area contributed by atoms with E-state index in [0.29, 0.717) is 35.9 Å². The van der Waals surface area contributed by atoms with Crippen LogP contribution in [-0.2, 0) is 14.4 Å². The molecule has 3 N–H and O–H groups in total. The number of nitrogens with one attached hydrogen (secondary N) is 2. The van der Waals surface area contributed by atoms with Crippen LogP contribution in [0.15, 0.2) is 24.3 Å². The maximum Gasteiger partial charge on any atom is 0.431 e. The fraction of sp³-hybridized carbons (Fsp3) is 0.560. The number of nitrogens with zero attached hydrogens (tertiary/aromatic N) is 2. The minimum Gasteiger partial charge on any atom is -0.326 e. The smallest absolute Gasteiger partial charge is 0.326 e. The third-order valence-electron chi connectivity index (χ3n) is 7.30. The van der Waals surface area contributed by atoms with Crippen LogP contribution in [0.3, 0.4) is 0 Å². The van der Waals surface area contributed by atoms with Crippen molar-refractivity contribution in [3.63, 3.8) is 0 Å². The van der Waals surface area contributed by atoms with E-state index in [2.05, 4.69) is 10.6 Å². The Morgan fingerprint density at radius 1 is 1.11 bits per heavy atom. The minimum atomic E-state index is -0.716. The second-order valence-electron chi connectivity index (χ2n) is 9.75. The lowest BCUT2D eigenvalue weighted by atomic mass is 9.91. The summed E-state index contributed by atoms with van der Waals surface area (Å²) in [5.41, 5.74) is 0.737. The van der Waals surface area contributed by atoms with Crippen molar-refractivity contribution in [1.82, 2.24) is 10.4 Å². The van der Waals surface area contributed by atoms with Crippen molar-refractivity contribution < 1.29 is 33.7 Å². The predicted octanol–water partition coefficient (Wildman–Crippen LogP) is 3.06. The van der Waals surface area contributed by atoms with E-state index in [1.54, 1.807) is 12.1 Å². The number of carbonyl (C=O) groups is 5. The first-order valence-corrected chi connectivity index (χ1v) is 12.2. The van der Waals surface area contributed by atoms with Gasteiger partial charge in [-0.2, -0.15) is 4.48 Å². The molecule has 35 heavy (non-hydrogen) atoms. The predicted molar refractivity (Wildman–Crippen MR) is 127 cm³/mol. The number of hydroxylamine groups is 2. The third-order valence-corrected chi connectivity index (χ3v) is 7.30. The number of quaternary nitrogens is 1. The first-order chi connectivity index (χ1) is 16.7. The van der Waals surface area contributed by atoms with Crippen molar-refractivity contribution in [3.8, 4) is 0 Å². The zero-order chi connectivity index (χ0) is 25.6. The van der Waals surface area contributed by atoms with E-state index >= 15 is 0 Å². The van der Waals surface area contributed by atoms with Crippen LogP contribution in [0.5, 0.6) is 0 Å². The monoisotopic (exact) mass is 487 g/mol. The average Bonchev–Trinajstić information content (AvgIpc) is 3.48. The van der Waals surface area contributed by atoms with Gasteiger partial charge in [0.15, 0.2) is 0 Å². The lowest BCUT2D eigenvalue weighted by molar-refractivity contribution is -0.786. The standard InChI is InChI=1S/C25H34N4O6/c1-17-6-5-13-29(17,24(33)21(15-28(35)16-30)14-19-7-3-4-8-19)25(34)27-23(32)20-9-11-22(12-10-20)26-18(2)31/h9-12,16-17,19,21,35H,3-8,13-15H2,1-2H3,(H-,26,27,31,32,34)/p+1/t17-,21-,29?/m1/s1. The molecule has 1 aliphatic carbocycles. The number of benzene rings is 1. The molecule has 1 aliphatic heterocycles. The molecule has 0 aromatic heterocycles. The van der Waals surface area contributed by atoms with Crippen molar-refractivity contribution in [3.05, 3.63) is 29.8 Å². The second kappa shape index (κ2) is 11.5. The van der Waals surface area contributed by atoms with Crippen molar-refractivity contribution in [2.24, 2.45) is 11.8 Å². The molecule has 0 spiro atoms. The zero-order valence-corrected chi connectivity index (χ0v) is 20.4. The van der Waals surface area contributed by atoms with Crippen LogP contribution in [-0.4, -0.2) is 64.0 Å². The van der Waals surface area contributed by atoms with Gasteiger partial charge in [0.1, 0.15) is 6.04 Å². The van der Waals surface area contributed by atoms with Crippen LogP contribution >= 0.6 is 0 Å². The van der Waals surface area contributed by atoms with E-state index in [9.17, 15) is 29.2 Å². The number of imide groups is 2. The van der Waals surface area contributed by atoms with Gasteiger partial charge in [-0.25, -0.2) is 20.0 Å². The number of urea groups is 1. The maximum absolute atomic E-state index is 13.9. The molecule has 1 unspecified atom stereocenters. The summed E-state index contributed by atoms with van der Waals surface area (Å²) in [7, 11) is 0. The largest absolute Gasteiger partial charge is 0.431 e. The highest BCUT2D eigenvalue weighted by molar-refractivity contribution is 6.05. The van der Waals surface area contributed by atoms with Gasteiger partial charge >= 0.3 is 11.9 Å². The molecule has 2 aliphatic rings. The highest BCUT2D eigenvalue weighted by atomic mass is 16.5. The fourth-order valence-corrected chi connectivity index (χ4v) is 5.48. The van der Waals surface area contributed by atoms with E-state index in [-0.39, 0.29) is 42.9 Å². The number of hydrogen-bond acceptors (Lipinski definition) is 6. The molecule has 6 amide bonds. The van der Waals surface area contributed by atoms with Gasteiger partial charge in [-0.05, 0) is 43.5 Å². The molecule has 0 radical (unpaired) electrons. The number of amides is 6. The van der Waals surface area contributed by atoms with Crippen molar-refractivity contribution >= 4 is 35.9 Å². The molecular weight excluding hydrogens is 452 g/mol. The third kappa shape index (κ3) is 6.12. The number of hydrogen-bond donors (Lipinski definition) is 3. The molecule has 2 fully saturated rings. The molecule has 1 aromatic carbocycles. The first-order valence-electron chi connectivity index (χ1n) is 12.2. The molecule has 10 heteroatoms. The van der Waals surface area contributed by atoms with Gasteiger partial charge in [-0.1, -0.05) is 25.7 Å². The molecule has 1 aromatic rings. The van der Waals surface area contributed by atoms with Crippen molar-refractivity contribution in [2.45, 2.75) is 64.8 Å². The minimum absolute atomic E-state index is 0.183. The van der Waals surface area contributed by atoms with Crippen LogP contribution in [0.4, 0.5) is 10.5 Å². The van der Waals surface area contributed by atoms with E-state index < -0.39 is 22.3 Å². The van der Waals surface area contributed by atoms with Gasteiger partial charge in [-0.3, -0.25) is 19.6 Å². The molecule has 1 saturated heterocycles. The second-order valence-corrected chi connectivity index (χ2v) is 9.75. The molecule has 0 bridgehead atoms. The van der Waals surface area contributed by atoms with Crippen LogP contribution in [0.1, 0.15) is 69.2 Å². The van der Waals surface area contributed by atoms with E-state index in [1.165, 1.54) is 19.1 Å². The Bertz CT molecular complexity index is 959. The fourth-order valence-electron chi connectivity index (χ4n) is 5.48. The molecule has 190 valence electrons. The number of rotatable bonds is 8. The SMILES string of the molecule is CC(=O)Nc1ccc(C(=O)NC(=O)[N+]2(C(=O)[C@H](CC3CCCC3)CN(O)C=O)CCC[C@H]2C)cc1. The Morgan fingerprint density at radius 3 is 2.31 bits per heavy atom. The maximum atomic E-state index is 13.9. The van der Waals surface area contributed by atoms with Crippen molar-refractivity contribution in [1.29, 1.82) is 0 Å². The number of carbonyl (C=O) groups excluding carboxylic acids is 5. The summed E-state index contributed by atoms with van der Waals surface area (Å²) in [4.78, 5) is 62.6. The van der Waals surface area contributed by atoms with Crippen molar-refractivity contribution in [2.75, 3.05) is 18.4 Å². The van der Waals surface area contributed by atoms with Gasteiger partial charge in [0.05, 0.1) is 19.0 Å². The first kappa shape index (κ1) is 26.5. The van der Waals surface area contributed by atoms with Gasteiger partial charge < -0.3 is 5.32 Å². The molecule has 10 nitrogen and oxygen atoms in total. The molecule has 1 heterocycles. The molecule has 3 atom stereocenters. The van der Waals surface area contributed by atoms with Crippen LogP contribution < -0.4 is 10.6 Å². The highest BCUT2D eigenvalue weighted by Crippen LogP contribution is 2.35. The van der Waals surface area contributed by atoms with Crippen LogP contribution in [0, 0.1) is 11.8 Å². The Balaban J connectivity index is 1.81. The van der Waals surface area contributed by atoms with Gasteiger partial charge in [0, 0.05) is 31.0 Å². The van der Waals surface area contributed by atoms with Crippen LogP contribution in [0.2, 0.25) is 0 Å². The quantitative estimate of drug-likeness (QED) is 0.223. The van der Waals surface area contributed by atoms with Crippen LogP contribution in [0.25, 0.3) is 0 Å². The molecular formula is C25H35N4O6+. The summed E-state index contributed by atoms with van der Waals surface area (Å²) >= 11 is 0. The van der Waals surface area contributed by atoms with E-state index in [0.717, 1.165) is 25.7 Å². The summed E-state index contributed by atoms with van der Waals surface area (Å²) in [6, 6.07) is 5.06. The number of likely N-dealkylation sites (tertiary alicyclic amines) is 1. The molecule has 3 rings (SSSR count). The summed E-state index contributed by atoms with van der Waals surface area (Å²) in [6.45, 7) is 3.27. The molecule has 1 saturated carbocycles. The van der Waals surface area contributed by atoms with Gasteiger partial charge in [-0.15, -0.1) is 0 Å². The Kier molecular flexibility index (Phi) is 8.74. The number of anilines is 1. The lowest BCUT2D eigenvalue weighted by Crippen LogP contribution is -2.65. The average molecular weight is 488 g/mol. The summed E-state index contributed by atoms with van der Waals surface area (Å²) in [6.07, 6.45) is 6.15. The summed E-state index contributed by atoms with van der Waals surface area (Å²) in [5, 5.41) is 15.4. The van der Waals surface area contributed by atoms with Gasteiger partial charge in [0.2, 0.25) is 12.3 Å². The normalized spacial score (nSPS) is 22.9.